The number of fused-ring (bicyclic) bond motifs is 2. The van der Waals surface area contributed by atoms with Gasteiger partial charge in [0.1, 0.15) is 29.9 Å². The molecule has 1 unspecified atom stereocenters. The summed E-state index contributed by atoms with van der Waals surface area (Å²) in [7, 11) is 0. The third kappa shape index (κ3) is 10.2. The van der Waals surface area contributed by atoms with Crippen LogP contribution in [-0.4, -0.2) is 77.8 Å². The van der Waals surface area contributed by atoms with Crippen LogP contribution in [0.2, 0.25) is 0 Å². The van der Waals surface area contributed by atoms with Crippen LogP contribution in [0.3, 0.4) is 0 Å². The maximum Gasteiger partial charge on any atom is 0.255 e. The van der Waals surface area contributed by atoms with Gasteiger partial charge in [0.15, 0.2) is 0 Å². The van der Waals surface area contributed by atoms with Crippen molar-refractivity contribution < 1.29 is 28.9 Å². The van der Waals surface area contributed by atoms with Crippen LogP contribution in [0.15, 0.2) is 91.0 Å². The monoisotopic (exact) mass is 773 g/mol. The molecule has 2 heterocycles. The van der Waals surface area contributed by atoms with Crippen LogP contribution in [0.5, 0.6) is 17.2 Å². The van der Waals surface area contributed by atoms with E-state index in [2.05, 4.69) is 65.6 Å². The van der Waals surface area contributed by atoms with Gasteiger partial charge in [0.05, 0.1) is 12.2 Å². The molecule has 4 aromatic carbocycles. The number of carbonyl (C=O) groups is 2. The highest BCUT2D eigenvalue weighted by molar-refractivity contribution is 6.01. The van der Waals surface area contributed by atoms with Crippen LogP contribution in [0.1, 0.15) is 109 Å². The first kappa shape index (κ1) is 40.3. The number of phenolic OH excluding ortho intramolecular Hbond substituents is 1. The summed E-state index contributed by atoms with van der Waals surface area (Å²) in [5, 5.41) is 10.2. The number of aryl methyl sites for hydroxylation is 1. The van der Waals surface area contributed by atoms with Gasteiger partial charge in [-0.25, -0.2) is 0 Å². The van der Waals surface area contributed by atoms with Crippen molar-refractivity contribution in [2.45, 2.75) is 95.7 Å². The number of piperidine rings is 1. The van der Waals surface area contributed by atoms with Gasteiger partial charge in [0.25, 0.3) is 5.91 Å². The first-order valence-electron chi connectivity index (χ1n) is 20.8. The molecule has 9 nitrogen and oxygen atoms in total. The van der Waals surface area contributed by atoms with Gasteiger partial charge in [0, 0.05) is 37.7 Å². The molecule has 0 radical (unpaired) electrons. The van der Waals surface area contributed by atoms with Gasteiger partial charge in [0.2, 0.25) is 5.91 Å². The van der Waals surface area contributed by atoms with Crippen molar-refractivity contribution in [2.24, 2.45) is 11.7 Å². The minimum absolute atomic E-state index is 0.162. The third-order valence-electron chi connectivity index (χ3n) is 11.9. The van der Waals surface area contributed by atoms with E-state index in [0.717, 1.165) is 62.4 Å². The van der Waals surface area contributed by atoms with E-state index in [0.29, 0.717) is 62.4 Å². The highest BCUT2D eigenvalue weighted by Gasteiger charge is 2.36. The number of aromatic hydroxyl groups is 1. The number of ether oxygens (including phenoxy) is 3. The van der Waals surface area contributed by atoms with Gasteiger partial charge in [-0.1, -0.05) is 48.5 Å². The van der Waals surface area contributed by atoms with E-state index in [1.807, 2.05) is 51.1 Å². The van der Waals surface area contributed by atoms with E-state index in [-0.39, 0.29) is 17.4 Å². The zero-order valence-corrected chi connectivity index (χ0v) is 33.8. The van der Waals surface area contributed by atoms with E-state index in [9.17, 15) is 14.7 Å². The van der Waals surface area contributed by atoms with Crippen molar-refractivity contribution in [2.75, 3.05) is 39.5 Å². The lowest BCUT2D eigenvalue weighted by Gasteiger charge is -2.35. The number of primary amides is 1. The van der Waals surface area contributed by atoms with Crippen LogP contribution in [0.25, 0.3) is 0 Å². The molecular formula is C48H59N3O6. The summed E-state index contributed by atoms with van der Waals surface area (Å²) in [6, 6.07) is 30.2. The highest BCUT2D eigenvalue weighted by atomic mass is 16.5. The van der Waals surface area contributed by atoms with Gasteiger partial charge in [-0.2, -0.15) is 0 Å². The summed E-state index contributed by atoms with van der Waals surface area (Å²) in [6.45, 7) is 11.0. The predicted octanol–water partition coefficient (Wildman–Crippen LogP) is 8.22. The lowest BCUT2D eigenvalue weighted by atomic mass is 9.69. The molecule has 4 atom stereocenters. The Bertz CT molecular complexity index is 1980. The maximum absolute atomic E-state index is 13.3. The second-order valence-electron chi connectivity index (χ2n) is 17.1. The number of rotatable bonds is 16. The Labute approximate surface area is 338 Å². The average Bonchev–Trinajstić information content (AvgIpc) is 3.52. The fraction of sp³-hybridized carbons (Fsp3) is 0.458. The quantitative estimate of drug-likeness (QED) is 0.110. The minimum atomic E-state index is -0.672. The topological polar surface area (TPSA) is 115 Å². The highest BCUT2D eigenvalue weighted by Crippen LogP contribution is 2.47. The van der Waals surface area contributed by atoms with Gasteiger partial charge < -0.3 is 30.0 Å². The smallest absolute Gasteiger partial charge is 0.255 e. The average molecular weight is 774 g/mol. The van der Waals surface area contributed by atoms with E-state index < -0.39 is 11.9 Å². The molecule has 1 fully saturated rings. The number of phenols is 1. The molecule has 1 aliphatic carbocycles. The molecule has 1 saturated heterocycles. The van der Waals surface area contributed by atoms with Crippen molar-refractivity contribution in [3.05, 3.63) is 124 Å². The van der Waals surface area contributed by atoms with Crippen LogP contribution in [0, 0.1) is 5.92 Å². The lowest BCUT2D eigenvalue weighted by Crippen LogP contribution is -2.45. The number of hydrogen-bond donors (Lipinski definition) is 2. The van der Waals surface area contributed by atoms with Gasteiger partial charge in [-0.15, -0.1) is 0 Å². The van der Waals surface area contributed by atoms with Crippen LogP contribution >= 0.6 is 0 Å². The van der Waals surface area contributed by atoms with E-state index in [4.69, 9.17) is 19.9 Å². The fourth-order valence-electron chi connectivity index (χ4n) is 9.04. The number of nitrogens with zero attached hydrogens (tertiary/aromatic N) is 2. The van der Waals surface area contributed by atoms with E-state index >= 15 is 0 Å². The number of hydrogen-bond acceptors (Lipinski definition) is 7. The number of amides is 2. The number of carbonyl (C=O) groups excluding carboxylic acids is 2. The van der Waals surface area contributed by atoms with Gasteiger partial charge in [-0.3, -0.25) is 14.5 Å². The largest absolute Gasteiger partial charge is 0.508 e. The summed E-state index contributed by atoms with van der Waals surface area (Å²) in [5.41, 5.74) is 12.1. The van der Waals surface area contributed by atoms with Crippen LogP contribution in [-0.2, 0) is 22.5 Å². The number of nitrogens with two attached hydrogens (primary N) is 1. The van der Waals surface area contributed by atoms with Crippen molar-refractivity contribution in [3.8, 4) is 17.2 Å². The van der Waals surface area contributed by atoms with E-state index in [1.165, 1.54) is 28.7 Å². The zero-order chi connectivity index (χ0) is 39.9. The van der Waals surface area contributed by atoms with Crippen molar-refractivity contribution in [1.82, 2.24) is 9.80 Å². The molecule has 302 valence electrons. The minimum Gasteiger partial charge on any atom is -0.508 e. The summed E-state index contributed by atoms with van der Waals surface area (Å²) < 4.78 is 18.3. The Balaban J connectivity index is 0.867. The molecular weight excluding hydrogens is 715 g/mol. The Morgan fingerprint density at radius 3 is 2.42 bits per heavy atom. The van der Waals surface area contributed by atoms with E-state index in [1.54, 1.807) is 4.90 Å². The summed E-state index contributed by atoms with van der Waals surface area (Å²) >= 11 is 0. The van der Waals surface area contributed by atoms with Crippen molar-refractivity contribution >= 4 is 11.8 Å². The summed E-state index contributed by atoms with van der Waals surface area (Å²) in [6.07, 6.45) is 6.39. The third-order valence-corrected chi connectivity index (χ3v) is 11.9. The molecule has 57 heavy (non-hydrogen) atoms. The first-order chi connectivity index (χ1) is 27.5. The molecule has 3 N–H and O–H groups in total. The molecule has 0 saturated carbocycles. The molecule has 9 heteroatoms. The van der Waals surface area contributed by atoms with Gasteiger partial charge in [-0.05, 0) is 154 Å². The number of benzene rings is 4. The lowest BCUT2D eigenvalue weighted by molar-refractivity contribution is -0.123. The first-order valence-corrected chi connectivity index (χ1v) is 20.8. The Morgan fingerprint density at radius 2 is 1.65 bits per heavy atom. The molecule has 3 aliphatic rings. The second kappa shape index (κ2) is 18.2. The van der Waals surface area contributed by atoms with Crippen LogP contribution < -0.4 is 15.2 Å². The molecule has 0 aromatic heterocycles. The zero-order valence-electron chi connectivity index (χ0n) is 33.8. The standard InChI is InChI=1S/C48H59N3O6/c1-48(2,3)57-26-8-12-44(46(49)53)51-32-37-30-40(19-22-43(37)47(51)54)55-27-23-33-9-7-24-50(31-33)25-28-56-39-17-13-35(14-18-39)45-41(34-10-5-4-6-11-34)20-15-36-29-38(52)16-21-42(36)45/h4-6,10-11,13-14,16-19,21-22,29-30,33,41,44-45,52H,7-9,12,15,20,23-28,31-32H2,1-3H3,(H2,49,53)/t33?,41-,44-,45+/m0/s1. The molecule has 4 aromatic rings. The fourth-order valence-corrected chi connectivity index (χ4v) is 9.04. The second-order valence-corrected chi connectivity index (χ2v) is 17.1. The predicted molar refractivity (Wildman–Crippen MR) is 223 cm³/mol. The Hall–Kier alpha value is -4.86. The van der Waals surface area contributed by atoms with Gasteiger partial charge >= 0.3 is 0 Å². The molecule has 2 aliphatic heterocycles. The van der Waals surface area contributed by atoms with Crippen molar-refractivity contribution in [3.63, 3.8) is 0 Å². The summed E-state index contributed by atoms with van der Waals surface area (Å²) in [4.78, 5) is 29.7. The SMILES string of the molecule is CC(C)(C)OCCC[C@@H](C(N)=O)N1Cc2cc(OCCC3CCCN(CCOc4ccc([C@H]5c6ccc(O)cc6CC[C@H]5c5ccccc5)cc4)C3)ccc2C1=O. The molecule has 7 rings (SSSR count). The summed E-state index contributed by atoms with van der Waals surface area (Å²) in [5.74, 6) is 2.43. The Kier molecular flexibility index (Phi) is 12.9. The molecule has 0 spiro atoms. The number of likely N-dealkylation sites (tertiary alicyclic amines) is 1. The maximum atomic E-state index is 13.3. The Morgan fingerprint density at radius 1 is 0.877 bits per heavy atom. The molecule has 0 bridgehead atoms. The molecule has 2 amide bonds. The van der Waals surface area contributed by atoms with Crippen LogP contribution in [0.4, 0.5) is 0 Å². The van der Waals surface area contributed by atoms with Crippen molar-refractivity contribution in [1.29, 1.82) is 0 Å². The normalized spacial score (nSPS) is 20.2.